The summed E-state index contributed by atoms with van der Waals surface area (Å²) < 4.78 is 39.9. The summed E-state index contributed by atoms with van der Waals surface area (Å²) in [5, 5.41) is 15.3. The number of nitrogens with one attached hydrogen (secondary N) is 2. The fourth-order valence-corrected chi connectivity index (χ4v) is 3.28. The second-order valence-electron chi connectivity index (χ2n) is 4.17. The first-order chi connectivity index (χ1) is 9.35. The average molecular weight is 294 g/mol. The number of hydrogen-bond acceptors (Lipinski definition) is 4. The van der Waals surface area contributed by atoms with Crippen LogP contribution in [0.5, 0.6) is 0 Å². The minimum Gasteiger partial charge on any atom is -0.281 e. The zero-order valence-corrected chi connectivity index (χ0v) is 11.5. The molecule has 1 aromatic carbocycles. The van der Waals surface area contributed by atoms with Crippen LogP contribution in [0.25, 0.3) is 0 Å². The summed E-state index contributed by atoms with van der Waals surface area (Å²) in [6.45, 7) is 3.12. The normalized spacial score (nSPS) is 11.1. The van der Waals surface area contributed by atoms with Crippen LogP contribution in [0.4, 0.5) is 10.1 Å². The molecule has 0 atom stereocenters. The Morgan fingerprint density at radius 1 is 1.40 bits per heavy atom. The van der Waals surface area contributed by atoms with E-state index < -0.39 is 15.8 Å². The number of rotatable bonds is 3. The highest BCUT2D eigenvalue weighted by Gasteiger charge is 2.23. The summed E-state index contributed by atoms with van der Waals surface area (Å²) in [5.41, 5.74) is 0.632. The molecule has 0 bridgehead atoms. The molecule has 0 aliphatic heterocycles. The number of nitrogens with zero attached hydrogens (tertiary/aromatic N) is 2. The van der Waals surface area contributed by atoms with Crippen molar-refractivity contribution in [3.8, 4) is 6.07 Å². The summed E-state index contributed by atoms with van der Waals surface area (Å²) in [5.74, 6) is -0.611. The highest BCUT2D eigenvalue weighted by atomic mass is 32.2. The smallest absolute Gasteiger partial charge is 0.265 e. The molecule has 0 saturated heterocycles. The number of benzene rings is 1. The Labute approximate surface area is 115 Å². The Kier molecular flexibility index (Phi) is 3.46. The highest BCUT2D eigenvalue weighted by molar-refractivity contribution is 7.92. The van der Waals surface area contributed by atoms with Crippen LogP contribution in [0.2, 0.25) is 0 Å². The van der Waals surface area contributed by atoms with E-state index in [1.54, 1.807) is 19.9 Å². The average Bonchev–Trinajstić information content (AvgIpc) is 2.71. The topological polar surface area (TPSA) is 98.6 Å². The van der Waals surface area contributed by atoms with Gasteiger partial charge in [-0.25, -0.2) is 12.8 Å². The molecule has 20 heavy (non-hydrogen) atoms. The van der Waals surface area contributed by atoms with Crippen molar-refractivity contribution >= 4 is 15.7 Å². The van der Waals surface area contributed by atoms with Gasteiger partial charge in [-0.1, -0.05) is 0 Å². The van der Waals surface area contributed by atoms with E-state index in [1.807, 2.05) is 0 Å². The van der Waals surface area contributed by atoms with E-state index in [2.05, 4.69) is 14.9 Å². The molecule has 0 saturated carbocycles. The number of H-pyrrole nitrogens is 1. The minimum absolute atomic E-state index is 0.0192. The first-order valence-corrected chi connectivity index (χ1v) is 7.07. The van der Waals surface area contributed by atoms with Gasteiger partial charge in [0, 0.05) is 0 Å². The molecule has 0 unspecified atom stereocenters. The number of aromatic nitrogens is 2. The van der Waals surface area contributed by atoms with Gasteiger partial charge in [-0.05, 0) is 32.0 Å². The fourth-order valence-electron chi connectivity index (χ4n) is 1.83. The number of aryl methyl sites for hydroxylation is 2. The third-order valence-electron chi connectivity index (χ3n) is 2.68. The van der Waals surface area contributed by atoms with Crippen molar-refractivity contribution in [3.63, 3.8) is 0 Å². The molecule has 0 fully saturated rings. The van der Waals surface area contributed by atoms with Gasteiger partial charge < -0.3 is 0 Å². The van der Waals surface area contributed by atoms with Crippen LogP contribution < -0.4 is 4.72 Å². The van der Waals surface area contributed by atoms with E-state index in [0.29, 0.717) is 11.4 Å². The van der Waals surface area contributed by atoms with Crippen LogP contribution in [0.3, 0.4) is 0 Å². The SMILES string of the molecule is Cc1n[nH]c(C)c1S(=O)(=O)Nc1ccc(F)cc1C#N. The number of aromatic amines is 1. The number of sulfonamides is 1. The Balaban J connectivity index is 2.47. The maximum atomic E-state index is 13.0. The van der Waals surface area contributed by atoms with Gasteiger partial charge in [0.1, 0.15) is 16.8 Å². The standard InChI is InChI=1S/C12H11FN4O2S/c1-7-12(8(2)16-15-7)20(18,19)17-11-4-3-10(13)5-9(11)6-14/h3-5,17H,1-2H3,(H,15,16). The molecule has 0 amide bonds. The lowest BCUT2D eigenvalue weighted by Crippen LogP contribution is -2.15. The highest BCUT2D eigenvalue weighted by Crippen LogP contribution is 2.23. The van der Waals surface area contributed by atoms with E-state index in [0.717, 1.165) is 12.1 Å². The molecule has 2 aromatic rings. The summed E-state index contributed by atoms with van der Waals surface area (Å²) in [6, 6.07) is 4.99. The van der Waals surface area contributed by atoms with Crippen LogP contribution in [-0.4, -0.2) is 18.6 Å². The Bertz CT molecular complexity index is 786. The lowest BCUT2D eigenvalue weighted by Gasteiger charge is -2.09. The zero-order chi connectivity index (χ0) is 14.9. The molecule has 0 aliphatic rings. The quantitative estimate of drug-likeness (QED) is 0.902. The minimum atomic E-state index is -3.89. The van der Waals surface area contributed by atoms with E-state index in [9.17, 15) is 12.8 Å². The van der Waals surface area contributed by atoms with Crippen molar-refractivity contribution in [1.29, 1.82) is 5.26 Å². The molecule has 2 rings (SSSR count). The summed E-state index contributed by atoms with van der Waals surface area (Å²) in [6.07, 6.45) is 0. The van der Waals surface area contributed by atoms with Crippen LogP contribution in [0.1, 0.15) is 17.0 Å². The molecule has 0 radical (unpaired) electrons. The molecule has 1 aromatic heterocycles. The van der Waals surface area contributed by atoms with Gasteiger partial charge in [0.15, 0.2) is 0 Å². The Morgan fingerprint density at radius 2 is 2.10 bits per heavy atom. The lowest BCUT2D eigenvalue weighted by molar-refractivity contribution is 0.600. The summed E-state index contributed by atoms with van der Waals surface area (Å²) in [7, 11) is -3.89. The van der Waals surface area contributed by atoms with Crippen LogP contribution in [0, 0.1) is 31.0 Å². The largest absolute Gasteiger partial charge is 0.281 e. The van der Waals surface area contributed by atoms with Crippen LogP contribution in [0.15, 0.2) is 23.1 Å². The molecule has 0 spiro atoms. The number of nitriles is 1. The maximum absolute atomic E-state index is 13.0. The predicted molar refractivity (Wildman–Crippen MR) is 70.0 cm³/mol. The van der Waals surface area contributed by atoms with E-state index in [-0.39, 0.29) is 16.1 Å². The van der Waals surface area contributed by atoms with Gasteiger partial charge in [-0.15, -0.1) is 0 Å². The molecule has 104 valence electrons. The molecule has 6 nitrogen and oxygen atoms in total. The van der Waals surface area contributed by atoms with Gasteiger partial charge in [-0.3, -0.25) is 9.82 Å². The number of hydrogen-bond donors (Lipinski definition) is 2. The van der Waals surface area contributed by atoms with E-state index >= 15 is 0 Å². The summed E-state index contributed by atoms with van der Waals surface area (Å²) in [4.78, 5) is 0.0192. The second-order valence-corrected chi connectivity index (χ2v) is 5.79. The Hall–Kier alpha value is -2.40. The third kappa shape index (κ3) is 2.48. The first-order valence-electron chi connectivity index (χ1n) is 5.59. The van der Waals surface area contributed by atoms with Gasteiger partial charge >= 0.3 is 0 Å². The van der Waals surface area contributed by atoms with Gasteiger partial charge in [0.2, 0.25) is 0 Å². The fraction of sp³-hybridized carbons (Fsp3) is 0.167. The van der Waals surface area contributed by atoms with Gasteiger partial charge in [0.05, 0.1) is 22.6 Å². The monoisotopic (exact) mass is 294 g/mol. The van der Waals surface area contributed by atoms with Crippen molar-refractivity contribution in [3.05, 3.63) is 41.0 Å². The van der Waals surface area contributed by atoms with Crippen LogP contribution in [-0.2, 0) is 10.0 Å². The predicted octanol–water partition coefficient (Wildman–Crippen LogP) is 1.84. The van der Waals surface area contributed by atoms with Crippen molar-refractivity contribution in [2.75, 3.05) is 4.72 Å². The van der Waals surface area contributed by atoms with E-state index in [1.165, 1.54) is 6.07 Å². The van der Waals surface area contributed by atoms with Gasteiger partial charge in [0.25, 0.3) is 10.0 Å². The van der Waals surface area contributed by atoms with Gasteiger partial charge in [-0.2, -0.15) is 10.4 Å². The number of halogens is 1. The molecule has 0 aliphatic carbocycles. The zero-order valence-electron chi connectivity index (χ0n) is 10.7. The van der Waals surface area contributed by atoms with E-state index in [4.69, 9.17) is 5.26 Å². The molecule has 8 heteroatoms. The van der Waals surface area contributed by atoms with Crippen molar-refractivity contribution < 1.29 is 12.8 Å². The molecule has 1 heterocycles. The van der Waals surface area contributed by atoms with Crippen LogP contribution >= 0.6 is 0 Å². The third-order valence-corrected chi connectivity index (χ3v) is 4.30. The number of anilines is 1. The Morgan fingerprint density at radius 3 is 2.65 bits per heavy atom. The molecular formula is C12H11FN4O2S. The lowest BCUT2D eigenvalue weighted by atomic mass is 10.2. The molecule has 2 N–H and O–H groups in total. The van der Waals surface area contributed by atoms with Crippen molar-refractivity contribution in [2.45, 2.75) is 18.7 Å². The molecular weight excluding hydrogens is 283 g/mol. The van der Waals surface area contributed by atoms with Crippen molar-refractivity contribution in [2.24, 2.45) is 0 Å². The maximum Gasteiger partial charge on any atom is 0.265 e. The first kappa shape index (κ1) is 14.0. The summed E-state index contributed by atoms with van der Waals surface area (Å²) >= 11 is 0. The second kappa shape index (κ2) is 4.94. The van der Waals surface area contributed by atoms with Crippen molar-refractivity contribution in [1.82, 2.24) is 10.2 Å².